The highest BCUT2D eigenvalue weighted by Crippen LogP contribution is 2.40. The lowest BCUT2D eigenvalue weighted by Crippen LogP contribution is -2.13. The van der Waals surface area contributed by atoms with Gasteiger partial charge >= 0.3 is 0 Å². The van der Waals surface area contributed by atoms with Gasteiger partial charge in [0.05, 0.1) is 0 Å². The van der Waals surface area contributed by atoms with E-state index < -0.39 is 0 Å². The zero-order chi connectivity index (χ0) is 64.3. The maximum Gasteiger partial charge on any atom is 0.146 e. The Labute approximate surface area is 531 Å². The van der Waals surface area contributed by atoms with E-state index in [1.165, 1.54) is 19.2 Å². The second kappa shape index (κ2) is 24.4. The Morgan fingerprint density at radius 2 is 0.432 bits per heavy atom. The summed E-state index contributed by atoms with van der Waals surface area (Å²) in [5.41, 5.74) is 15.1. The zero-order valence-electron chi connectivity index (χ0n) is 52.2. The van der Waals surface area contributed by atoms with Gasteiger partial charge in [-0.25, -0.2) is 0 Å². The molecule has 4 heterocycles. The van der Waals surface area contributed by atoms with Crippen molar-refractivity contribution in [3.8, 4) is 45.7 Å². The first-order valence-electron chi connectivity index (χ1n) is 28.5. The van der Waals surface area contributed by atoms with Gasteiger partial charge in [0.15, 0.2) is 0 Å². The summed E-state index contributed by atoms with van der Waals surface area (Å²) in [5, 5.41) is 80.5. The van der Waals surface area contributed by atoms with Crippen LogP contribution in [0.3, 0.4) is 0 Å². The third kappa shape index (κ3) is 14.2. The van der Waals surface area contributed by atoms with Crippen molar-refractivity contribution in [1.82, 2.24) is 60.0 Å². The van der Waals surface area contributed by atoms with Crippen LogP contribution in [0.5, 0.6) is 23.0 Å². The number of nitrogens with zero attached hydrogens (tertiary/aromatic N) is 12. The summed E-state index contributed by atoms with van der Waals surface area (Å²) in [7, 11) is 0. The van der Waals surface area contributed by atoms with Gasteiger partial charge in [0.2, 0.25) is 0 Å². The summed E-state index contributed by atoms with van der Waals surface area (Å²) < 4.78 is 0. The molecule has 0 bridgehead atoms. The van der Waals surface area contributed by atoms with Crippen LogP contribution in [0.4, 0.5) is 0 Å². The first-order valence-corrected chi connectivity index (χ1v) is 30.0. The van der Waals surface area contributed by atoms with Crippen molar-refractivity contribution in [2.45, 2.75) is 132 Å². The quantitative estimate of drug-likeness (QED) is 0.130. The Morgan fingerprint density at radius 3 is 0.602 bits per heavy atom. The fourth-order valence-electron chi connectivity index (χ4n) is 9.92. The summed E-state index contributed by atoms with van der Waals surface area (Å²) in [6, 6.07) is 36.9. The average Bonchev–Trinajstić information content (AvgIpc) is 1.72. The minimum Gasteiger partial charge on any atom is -0.505 e. The average molecular weight is 1260 g/mol. The predicted octanol–water partition coefficient (Wildman–Crippen LogP) is 17.5. The highest BCUT2D eigenvalue weighted by Gasteiger charge is 2.27. The monoisotopic (exact) mass is 1260 g/mol. The van der Waals surface area contributed by atoms with Gasteiger partial charge in [0.1, 0.15) is 89.9 Å². The van der Waals surface area contributed by atoms with E-state index in [2.05, 4.69) is 124 Å². The topological polar surface area (TPSA) is 204 Å². The molecular formula is C68H72Cl4N12O4. The van der Waals surface area contributed by atoms with Crippen LogP contribution in [-0.2, 0) is 21.7 Å². The number of rotatable bonds is 4. The molecule has 0 saturated heterocycles. The Balaban J connectivity index is 0.000000140. The summed E-state index contributed by atoms with van der Waals surface area (Å²) in [6.07, 6.45) is 0. The smallest absolute Gasteiger partial charge is 0.146 e. The number of aromatic hydroxyl groups is 4. The van der Waals surface area contributed by atoms with Gasteiger partial charge in [-0.3, -0.25) is 0 Å². The third-order valence-corrected chi connectivity index (χ3v) is 15.3. The highest BCUT2D eigenvalue weighted by molar-refractivity contribution is 6.32. The van der Waals surface area contributed by atoms with Crippen LogP contribution < -0.4 is 0 Å². The van der Waals surface area contributed by atoms with Crippen molar-refractivity contribution in [1.29, 1.82) is 0 Å². The van der Waals surface area contributed by atoms with Gasteiger partial charge in [-0.15, -0.1) is 60.0 Å². The molecule has 0 unspecified atom stereocenters. The van der Waals surface area contributed by atoms with E-state index in [4.69, 9.17) is 46.4 Å². The molecule has 16 nitrogen and oxygen atoms in total. The summed E-state index contributed by atoms with van der Waals surface area (Å²) >= 11 is 24.0. The molecule has 88 heavy (non-hydrogen) atoms. The number of benzene rings is 8. The first-order chi connectivity index (χ1) is 41.0. The van der Waals surface area contributed by atoms with Crippen LogP contribution in [0.1, 0.15) is 128 Å². The van der Waals surface area contributed by atoms with Gasteiger partial charge in [0.25, 0.3) is 0 Å². The highest BCUT2D eigenvalue weighted by atomic mass is 35.5. The second-order valence-electron chi connectivity index (χ2n) is 26.2. The number of phenols is 4. The van der Waals surface area contributed by atoms with Crippen LogP contribution in [0.25, 0.3) is 66.9 Å². The number of halogens is 4. The van der Waals surface area contributed by atoms with E-state index in [1.807, 2.05) is 100 Å². The van der Waals surface area contributed by atoms with Gasteiger partial charge in [-0.2, -0.15) is 0 Å². The lowest BCUT2D eigenvalue weighted by Gasteiger charge is -2.22. The van der Waals surface area contributed by atoms with Crippen LogP contribution in [0.2, 0.25) is 20.1 Å². The number of hydrogen-bond donors (Lipinski definition) is 4. The van der Waals surface area contributed by atoms with E-state index in [1.54, 1.807) is 48.5 Å². The molecule has 20 heteroatoms. The Morgan fingerprint density at radius 1 is 0.261 bits per heavy atom. The van der Waals surface area contributed by atoms with E-state index in [-0.39, 0.29) is 44.7 Å². The van der Waals surface area contributed by atoms with Gasteiger partial charge < -0.3 is 20.4 Å². The standard InChI is InChI=1S/4C17H18ClN3O/c4*1-10-7-12(17(2,3)4)16(22)15(8-10)21-19-13-6-5-11(18)9-14(13)20-21/h4*5-9,22H,1-4H3. The molecule has 8 aromatic carbocycles. The molecule has 0 radical (unpaired) electrons. The molecule has 0 aliphatic rings. The molecule has 0 amide bonds. The predicted molar refractivity (Wildman–Crippen MR) is 356 cm³/mol. The minimum atomic E-state index is -0.166. The van der Waals surface area contributed by atoms with E-state index in [0.29, 0.717) is 64.9 Å². The van der Waals surface area contributed by atoms with Crippen LogP contribution in [0.15, 0.2) is 121 Å². The van der Waals surface area contributed by atoms with Gasteiger partial charge in [0, 0.05) is 42.3 Å². The second-order valence-corrected chi connectivity index (χ2v) is 28.0. The number of aromatic nitrogens is 12. The normalized spacial score (nSPS) is 12.0. The van der Waals surface area contributed by atoms with Gasteiger partial charge in [-0.05, 0) is 169 Å². The molecule has 0 saturated carbocycles. The third-order valence-electron chi connectivity index (χ3n) is 14.4. The maximum absolute atomic E-state index is 10.7. The fourth-order valence-corrected chi connectivity index (χ4v) is 10.6. The molecule has 0 aliphatic carbocycles. The zero-order valence-corrected chi connectivity index (χ0v) is 55.2. The summed E-state index contributed by atoms with van der Waals surface area (Å²) in [6.45, 7) is 32.8. The molecule has 4 N–H and O–H groups in total. The largest absolute Gasteiger partial charge is 0.505 e. The SMILES string of the molecule is Cc1cc(-n2nc3ccc(Cl)cc3n2)c(O)c(C(C)(C)C)c1.Cc1cc(-n2nc3ccc(Cl)cc3n2)c(O)c(C(C)(C)C)c1.Cc1cc(-n2nc3ccc(Cl)cc3n2)c(O)c(C(C)(C)C)c1.Cc1cc(-n2nc3ccc(Cl)cc3n2)c(O)c(C(C)(C)C)c1. The molecule has 0 fully saturated rings. The molecule has 0 spiro atoms. The van der Waals surface area contributed by atoms with Crippen molar-refractivity contribution in [2.75, 3.05) is 0 Å². The molecule has 456 valence electrons. The summed E-state index contributed by atoms with van der Waals surface area (Å²) in [4.78, 5) is 5.88. The van der Waals surface area contributed by atoms with Crippen molar-refractivity contribution in [2.24, 2.45) is 0 Å². The first kappa shape index (κ1) is 64.2. The van der Waals surface area contributed by atoms with E-state index >= 15 is 0 Å². The maximum atomic E-state index is 10.7. The summed E-state index contributed by atoms with van der Waals surface area (Å²) in [5.74, 6) is 0.850. The van der Waals surface area contributed by atoms with Crippen LogP contribution in [-0.4, -0.2) is 80.4 Å². The minimum absolute atomic E-state index is 0.166. The van der Waals surface area contributed by atoms with Crippen molar-refractivity contribution in [3.05, 3.63) is 186 Å². The van der Waals surface area contributed by atoms with E-state index in [0.717, 1.165) is 66.6 Å². The number of fused-ring (bicyclic) bond motifs is 4. The lowest BCUT2D eigenvalue weighted by atomic mass is 9.85. The molecule has 4 aromatic heterocycles. The Hall–Kier alpha value is -8.28. The Bertz CT molecular complexity index is 4030. The number of hydrogen-bond acceptors (Lipinski definition) is 12. The molecule has 0 aliphatic heterocycles. The number of phenolic OH excluding ortho intramolecular Hbond substituents is 4. The van der Waals surface area contributed by atoms with Crippen molar-refractivity contribution < 1.29 is 20.4 Å². The van der Waals surface area contributed by atoms with Crippen LogP contribution >= 0.6 is 46.4 Å². The van der Waals surface area contributed by atoms with E-state index in [9.17, 15) is 20.4 Å². The molecule has 12 rings (SSSR count). The lowest BCUT2D eigenvalue weighted by molar-refractivity contribution is 0.439. The Kier molecular flexibility index (Phi) is 17.8. The number of aryl methyl sites for hydroxylation is 4. The van der Waals surface area contributed by atoms with Crippen LogP contribution in [0, 0.1) is 27.7 Å². The molecule has 12 aromatic rings. The van der Waals surface area contributed by atoms with Crippen molar-refractivity contribution >= 4 is 90.5 Å². The fraction of sp³-hybridized carbons (Fsp3) is 0.294. The van der Waals surface area contributed by atoms with Crippen molar-refractivity contribution in [3.63, 3.8) is 0 Å². The molecule has 0 atom stereocenters. The van der Waals surface area contributed by atoms with Gasteiger partial charge in [-0.1, -0.05) is 154 Å². The molecular weight excluding hydrogens is 1190 g/mol.